The lowest BCUT2D eigenvalue weighted by atomic mass is 10.1. The third-order valence-corrected chi connectivity index (χ3v) is 2.65. The minimum absolute atomic E-state index is 0. The number of halogens is 1. The van der Waals surface area contributed by atoms with E-state index in [1.807, 2.05) is 12.1 Å². The van der Waals surface area contributed by atoms with E-state index in [0.717, 1.165) is 28.1 Å². The average Bonchev–Trinajstić information content (AvgIpc) is 2.75. The maximum absolute atomic E-state index is 10.6. The van der Waals surface area contributed by atoms with Crippen molar-refractivity contribution in [3.63, 3.8) is 0 Å². The van der Waals surface area contributed by atoms with Gasteiger partial charge in [0.2, 0.25) is 0 Å². The molecule has 108 valence electrons. The molecule has 20 heavy (non-hydrogen) atoms. The van der Waals surface area contributed by atoms with Gasteiger partial charge in [-0.25, -0.2) is 0 Å². The summed E-state index contributed by atoms with van der Waals surface area (Å²) in [6.07, 6.45) is 0. The molecule has 0 amide bonds. The number of quaternary nitrogens is 1. The molecule has 1 aromatic carbocycles. The Hall–Kier alpha value is -1.66. The topological polar surface area (TPSA) is 56.3 Å². The van der Waals surface area contributed by atoms with Gasteiger partial charge >= 0.3 is 0 Å². The Morgan fingerprint density at radius 3 is 2.20 bits per heavy atom. The molecular weight excluding hydrogens is 324 g/mol. The first-order valence-electron chi connectivity index (χ1n) is 5.99. The normalized spacial score (nSPS) is 10.9. The van der Waals surface area contributed by atoms with Crippen molar-refractivity contribution in [2.75, 3.05) is 21.1 Å². The maximum atomic E-state index is 10.6. The highest BCUT2D eigenvalue weighted by atomic mass is 79.9. The fourth-order valence-corrected chi connectivity index (χ4v) is 1.83. The van der Waals surface area contributed by atoms with E-state index in [9.17, 15) is 10.1 Å². The molecule has 0 saturated heterocycles. The highest BCUT2D eigenvalue weighted by Gasteiger charge is 2.13. The standard InChI is InChI=1S/C14H17N2O3.BrH/c1-16(2,3)10-13-8-9-14(19-13)11-4-6-12(7-5-11)15(17)18;/h4-9H,10H2,1-3H3;1H/q+1;. The van der Waals surface area contributed by atoms with Crippen LogP contribution in [0, 0.1) is 10.1 Å². The number of nitro benzene ring substituents is 1. The van der Waals surface area contributed by atoms with Crippen LogP contribution in [-0.2, 0) is 6.54 Å². The summed E-state index contributed by atoms with van der Waals surface area (Å²) in [5.74, 6) is 1.64. The molecule has 0 bridgehead atoms. The van der Waals surface area contributed by atoms with Crippen LogP contribution < -0.4 is 0 Å². The molecule has 0 fully saturated rings. The molecule has 0 aliphatic heterocycles. The number of non-ortho nitro benzene ring substituents is 1. The summed E-state index contributed by atoms with van der Waals surface area (Å²) in [7, 11) is 6.27. The Kier molecular flexibility index (Phi) is 5.08. The van der Waals surface area contributed by atoms with Crippen LogP contribution in [0.3, 0.4) is 0 Å². The summed E-state index contributed by atoms with van der Waals surface area (Å²) < 4.78 is 6.55. The SMILES string of the molecule is Br.C[N+](C)(C)Cc1ccc(-c2ccc([N+](=O)[O-])cc2)o1. The monoisotopic (exact) mass is 341 g/mol. The van der Waals surface area contributed by atoms with E-state index in [-0.39, 0.29) is 22.7 Å². The molecule has 0 aliphatic rings. The summed E-state index contributed by atoms with van der Waals surface area (Å²) in [5, 5.41) is 10.6. The molecule has 5 nitrogen and oxygen atoms in total. The quantitative estimate of drug-likeness (QED) is 0.484. The van der Waals surface area contributed by atoms with Crippen LogP contribution in [0.5, 0.6) is 0 Å². The number of nitrogens with zero attached hydrogens (tertiary/aromatic N) is 2. The highest BCUT2D eigenvalue weighted by Crippen LogP contribution is 2.25. The maximum Gasteiger partial charge on any atom is 0.269 e. The van der Waals surface area contributed by atoms with Gasteiger partial charge in [-0.1, -0.05) is 0 Å². The van der Waals surface area contributed by atoms with Crippen LogP contribution in [0.4, 0.5) is 5.69 Å². The lowest BCUT2D eigenvalue weighted by molar-refractivity contribution is -0.884. The molecule has 0 unspecified atom stereocenters. The van der Waals surface area contributed by atoms with Crippen molar-refractivity contribution in [1.29, 1.82) is 0 Å². The third kappa shape index (κ3) is 4.18. The van der Waals surface area contributed by atoms with E-state index in [4.69, 9.17) is 4.42 Å². The van der Waals surface area contributed by atoms with Crippen molar-refractivity contribution in [2.45, 2.75) is 6.54 Å². The highest BCUT2D eigenvalue weighted by molar-refractivity contribution is 8.93. The van der Waals surface area contributed by atoms with E-state index in [2.05, 4.69) is 21.1 Å². The van der Waals surface area contributed by atoms with Crippen molar-refractivity contribution in [3.8, 4) is 11.3 Å². The van der Waals surface area contributed by atoms with Gasteiger partial charge in [-0.15, -0.1) is 17.0 Å². The molecule has 0 saturated carbocycles. The molecule has 0 atom stereocenters. The third-order valence-electron chi connectivity index (χ3n) is 2.65. The molecule has 0 radical (unpaired) electrons. The molecule has 0 N–H and O–H groups in total. The first-order valence-corrected chi connectivity index (χ1v) is 5.99. The summed E-state index contributed by atoms with van der Waals surface area (Å²) in [6, 6.07) is 10.2. The lowest BCUT2D eigenvalue weighted by Gasteiger charge is -2.22. The zero-order chi connectivity index (χ0) is 14.0. The number of hydrogen-bond acceptors (Lipinski definition) is 3. The Morgan fingerprint density at radius 1 is 1.10 bits per heavy atom. The van der Waals surface area contributed by atoms with Gasteiger partial charge in [-0.3, -0.25) is 10.1 Å². The summed E-state index contributed by atoms with van der Waals surface area (Å²) in [4.78, 5) is 10.2. The van der Waals surface area contributed by atoms with E-state index in [0.29, 0.717) is 0 Å². The van der Waals surface area contributed by atoms with Crippen LogP contribution in [0.2, 0.25) is 0 Å². The second-order valence-electron chi connectivity index (χ2n) is 5.52. The van der Waals surface area contributed by atoms with Crippen molar-refractivity contribution in [3.05, 3.63) is 52.3 Å². The van der Waals surface area contributed by atoms with Gasteiger partial charge in [0.05, 0.1) is 26.1 Å². The predicted molar refractivity (Wildman–Crippen MR) is 82.9 cm³/mol. The van der Waals surface area contributed by atoms with E-state index in [1.165, 1.54) is 12.1 Å². The Balaban J connectivity index is 0.00000200. The van der Waals surface area contributed by atoms with Gasteiger partial charge in [0, 0.05) is 17.7 Å². The fraction of sp³-hybridized carbons (Fsp3) is 0.286. The summed E-state index contributed by atoms with van der Waals surface area (Å²) >= 11 is 0. The van der Waals surface area contributed by atoms with Crippen molar-refractivity contribution in [2.24, 2.45) is 0 Å². The molecule has 6 heteroatoms. The first-order chi connectivity index (χ1) is 8.85. The van der Waals surface area contributed by atoms with Gasteiger partial charge < -0.3 is 8.90 Å². The van der Waals surface area contributed by atoms with Gasteiger partial charge in [0.1, 0.15) is 12.3 Å². The van der Waals surface area contributed by atoms with Gasteiger partial charge in [-0.05, 0) is 24.3 Å². The first kappa shape index (κ1) is 16.4. The van der Waals surface area contributed by atoms with Crippen LogP contribution in [-0.4, -0.2) is 30.5 Å². The lowest BCUT2D eigenvalue weighted by Crippen LogP contribution is -2.33. The Labute approximate surface area is 128 Å². The molecule has 2 aromatic rings. The van der Waals surface area contributed by atoms with Crippen LogP contribution in [0.25, 0.3) is 11.3 Å². The fourth-order valence-electron chi connectivity index (χ4n) is 1.83. The molecular formula is C14H18BrN2O3+. The number of hydrogen-bond donors (Lipinski definition) is 0. The van der Waals surface area contributed by atoms with Crippen LogP contribution in [0.15, 0.2) is 40.8 Å². The van der Waals surface area contributed by atoms with Gasteiger partial charge in [0.15, 0.2) is 5.76 Å². The number of nitro groups is 1. The van der Waals surface area contributed by atoms with Gasteiger partial charge in [-0.2, -0.15) is 0 Å². The molecule has 0 aliphatic carbocycles. The summed E-state index contributed by atoms with van der Waals surface area (Å²) in [6.45, 7) is 0.799. The largest absolute Gasteiger partial charge is 0.455 e. The molecule has 2 rings (SSSR count). The second-order valence-corrected chi connectivity index (χ2v) is 5.52. The minimum atomic E-state index is -0.408. The van der Waals surface area contributed by atoms with E-state index >= 15 is 0 Å². The number of rotatable bonds is 4. The number of benzene rings is 1. The van der Waals surface area contributed by atoms with Crippen LogP contribution >= 0.6 is 17.0 Å². The molecule has 0 spiro atoms. The second kappa shape index (κ2) is 6.19. The minimum Gasteiger partial charge on any atom is -0.455 e. The zero-order valence-corrected chi connectivity index (χ0v) is 13.4. The molecule has 1 aromatic heterocycles. The van der Waals surface area contributed by atoms with Crippen LogP contribution in [0.1, 0.15) is 5.76 Å². The van der Waals surface area contributed by atoms with E-state index < -0.39 is 4.92 Å². The van der Waals surface area contributed by atoms with Crippen molar-refractivity contribution < 1.29 is 13.8 Å². The zero-order valence-electron chi connectivity index (χ0n) is 11.7. The van der Waals surface area contributed by atoms with Gasteiger partial charge in [0.25, 0.3) is 5.69 Å². The van der Waals surface area contributed by atoms with Crippen molar-refractivity contribution >= 4 is 22.7 Å². The van der Waals surface area contributed by atoms with E-state index in [1.54, 1.807) is 12.1 Å². The predicted octanol–water partition coefficient (Wildman–Crippen LogP) is 3.64. The Morgan fingerprint density at radius 2 is 1.70 bits per heavy atom. The Bertz CT molecular complexity index is 585. The molecule has 1 heterocycles. The summed E-state index contributed by atoms with van der Waals surface area (Å²) in [5.41, 5.74) is 0.931. The smallest absolute Gasteiger partial charge is 0.269 e. The number of furan rings is 1. The van der Waals surface area contributed by atoms with Crippen molar-refractivity contribution in [1.82, 2.24) is 0 Å². The average molecular weight is 342 g/mol.